The smallest absolute Gasteiger partial charge is 0.255 e. The molecule has 2 heterocycles. The molecular formula is C20H23N3O2S. The highest BCUT2D eigenvalue weighted by atomic mass is 32.1. The number of aromatic nitrogens is 2. The lowest BCUT2D eigenvalue weighted by Gasteiger charge is -2.18. The van der Waals surface area contributed by atoms with Gasteiger partial charge in [0.25, 0.3) is 5.91 Å². The Balaban J connectivity index is 1.66. The van der Waals surface area contributed by atoms with Crippen LogP contribution in [0, 0.1) is 20.8 Å². The van der Waals surface area contributed by atoms with Crippen LogP contribution in [-0.4, -0.2) is 40.6 Å². The zero-order valence-corrected chi connectivity index (χ0v) is 16.3. The zero-order valence-electron chi connectivity index (χ0n) is 15.5. The van der Waals surface area contributed by atoms with E-state index in [1.807, 2.05) is 61.1 Å². The van der Waals surface area contributed by atoms with E-state index >= 15 is 0 Å². The van der Waals surface area contributed by atoms with Gasteiger partial charge in [0.1, 0.15) is 12.4 Å². The molecule has 3 rings (SSSR count). The fourth-order valence-corrected chi connectivity index (χ4v) is 3.66. The van der Waals surface area contributed by atoms with Gasteiger partial charge in [0, 0.05) is 30.0 Å². The summed E-state index contributed by atoms with van der Waals surface area (Å²) in [7, 11) is 1.80. The van der Waals surface area contributed by atoms with Crippen LogP contribution in [-0.2, 0) is 0 Å². The Morgan fingerprint density at radius 1 is 1.27 bits per heavy atom. The van der Waals surface area contributed by atoms with Crippen LogP contribution < -0.4 is 4.74 Å². The summed E-state index contributed by atoms with van der Waals surface area (Å²) >= 11 is 1.56. The Bertz CT molecular complexity index is 900. The SMILES string of the molecule is Cc1cccc(OCCN(C)C(=O)c2cc(C)n(-c3nccs3)c2C)c1. The number of aryl methyl sites for hydroxylation is 2. The van der Waals surface area contributed by atoms with Crippen LogP contribution in [0.15, 0.2) is 41.9 Å². The molecule has 5 nitrogen and oxygen atoms in total. The van der Waals surface area contributed by atoms with Crippen LogP contribution in [0.3, 0.4) is 0 Å². The van der Waals surface area contributed by atoms with Gasteiger partial charge < -0.3 is 9.64 Å². The van der Waals surface area contributed by atoms with Gasteiger partial charge in [-0.15, -0.1) is 11.3 Å². The van der Waals surface area contributed by atoms with Crippen molar-refractivity contribution in [1.82, 2.24) is 14.5 Å². The monoisotopic (exact) mass is 369 g/mol. The number of hydrogen-bond acceptors (Lipinski definition) is 4. The van der Waals surface area contributed by atoms with Crippen molar-refractivity contribution in [2.45, 2.75) is 20.8 Å². The van der Waals surface area contributed by atoms with Crippen molar-refractivity contribution >= 4 is 17.2 Å². The number of amides is 1. The van der Waals surface area contributed by atoms with E-state index < -0.39 is 0 Å². The van der Waals surface area contributed by atoms with Crippen molar-refractivity contribution in [3.05, 3.63) is 64.4 Å². The first-order chi connectivity index (χ1) is 12.5. The molecule has 26 heavy (non-hydrogen) atoms. The number of thiazole rings is 1. The third-order valence-electron chi connectivity index (χ3n) is 4.30. The van der Waals surface area contributed by atoms with E-state index in [0.717, 1.165) is 27.8 Å². The number of benzene rings is 1. The van der Waals surface area contributed by atoms with Gasteiger partial charge in [0.15, 0.2) is 5.13 Å². The van der Waals surface area contributed by atoms with Crippen LogP contribution in [0.2, 0.25) is 0 Å². The molecule has 0 aliphatic rings. The maximum absolute atomic E-state index is 12.8. The van der Waals surface area contributed by atoms with Crippen LogP contribution >= 0.6 is 11.3 Å². The molecule has 0 unspecified atom stereocenters. The largest absolute Gasteiger partial charge is 0.492 e. The number of nitrogens with zero attached hydrogens (tertiary/aromatic N) is 3. The molecular weight excluding hydrogens is 346 g/mol. The highest BCUT2D eigenvalue weighted by Gasteiger charge is 2.20. The Hall–Kier alpha value is -2.60. The molecule has 1 amide bonds. The Morgan fingerprint density at radius 2 is 2.08 bits per heavy atom. The topological polar surface area (TPSA) is 47.4 Å². The summed E-state index contributed by atoms with van der Waals surface area (Å²) in [6.07, 6.45) is 1.77. The van der Waals surface area contributed by atoms with Gasteiger partial charge in [-0.3, -0.25) is 9.36 Å². The molecule has 0 N–H and O–H groups in total. The summed E-state index contributed by atoms with van der Waals surface area (Å²) in [6, 6.07) is 9.84. The molecule has 0 aliphatic heterocycles. The molecule has 2 aromatic heterocycles. The molecule has 0 radical (unpaired) electrons. The third kappa shape index (κ3) is 3.80. The predicted molar refractivity (Wildman–Crippen MR) is 105 cm³/mol. The van der Waals surface area contributed by atoms with Gasteiger partial charge in [0.2, 0.25) is 0 Å². The summed E-state index contributed by atoms with van der Waals surface area (Å²) in [5.74, 6) is 0.821. The van der Waals surface area contributed by atoms with Crippen LogP contribution in [0.25, 0.3) is 5.13 Å². The molecule has 6 heteroatoms. The average Bonchev–Trinajstić information content (AvgIpc) is 3.22. The van der Waals surface area contributed by atoms with E-state index in [-0.39, 0.29) is 5.91 Å². The highest BCUT2D eigenvalue weighted by Crippen LogP contribution is 2.23. The molecule has 0 fully saturated rings. The fourth-order valence-electron chi connectivity index (χ4n) is 2.91. The predicted octanol–water partition coefficient (Wildman–Crippen LogP) is 4.01. The van der Waals surface area contributed by atoms with E-state index in [0.29, 0.717) is 18.7 Å². The summed E-state index contributed by atoms with van der Waals surface area (Å²) < 4.78 is 7.78. The molecule has 3 aromatic rings. The minimum absolute atomic E-state index is 0.00579. The Labute approximate surface area is 157 Å². The lowest BCUT2D eigenvalue weighted by molar-refractivity contribution is 0.0773. The molecule has 0 saturated heterocycles. The lowest BCUT2D eigenvalue weighted by atomic mass is 10.2. The standard InChI is InChI=1S/C20H23N3O2S/c1-14-6-5-7-17(12-14)25-10-9-22(4)19(24)18-13-15(2)23(16(18)3)20-21-8-11-26-20/h5-8,11-13H,9-10H2,1-4H3. The number of carbonyl (C=O) groups is 1. The summed E-state index contributed by atoms with van der Waals surface area (Å²) in [5, 5.41) is 2.81. The summed E-state index contributed by atoms with van der Waals surface area (Å²) in [5.41, 5.74) is 3.77. The molecule has 0 saturated carbocycles. The van der Waals surface area contributed by atoms with E-state index in [2.05, 4.69) is 4.98 Å². The second kappa shape index (κ2) is 7.74. The first-order valence-corrected chi connectivity index (χ1v) is 9.39. The van der Waals surface area contributed by atoms with Crippen molar-refractivity contribution in [2.75, 3.05) is 20.2 Å². The number of ether oxygens (including phenoxy) is 1. The molecule has 1 aromatic carbocycles. The van der Waals surface area contributed by atoms with Crippen LogP contribution in [0.5, 0.6) is 5.75 Å². The summed E-state index contributed by atoms with van der Waals surface area (Å²) in [6.45, 7) is 6.95. The van der Waals surface area contributed by atoms with Crippen molar-refractivity contribution in [1.29, 1.82) is 0 Å². The van der Waals surface area contributed by atoms with Crippen LogP contribution in [0.4, 0.5) is 0 Å². The number of likely N-dealkylation sites (N-methyl/N-ethyl adjacent to an activating group) is 1. The van der Waals surface area contributed by atoms with Gasteiger partial charge in [0.05, 0.1) is 12.1 Å². The van der Waals surface area contributed by atoms with E-state index in [9.17, 15) is 4.79 Å². The van der Waals surface area contributed by atoms with Gasteiger partial charge >= 0.3 is 0 Å². The Kier molecular flexibility index (Phi) is 5.42. The van der Waals surface area contributed by atoms with Crippen molar-refractivity contribution in [3.63, 3.8) is 0 Å². The number of hydrogen-bond donors (Lipinski definition) is 0. The maximum atomic E-state index is 12.8. The Morgan fingerprint density at radius 3 is 2.77 bits per heavy atom. The highest BCUT2D eigenvalue weighted by molar-refractivity contribution is 7.12. The third-order valence-corrected chi connectivity index (χ3v) is 5.06. The molecule has 0 spiro atoms. The second-order valence-corrected chi connectivity index (χ2v) is 7.20. The van der Waals surface area contributed by atoms with Crippen LogP contribution in [0.1, 0.15) is 27.3 Å². The van der Waals surface area contributed by atoms with Crippen molar-refractivity contribution < 1.29 is 9.53 Å². The minimum atomic E-state index is -0.00579. The zero-order chi connectivity index (χ0) is 18.7. The molecule has 136 valence electrons. The number of rotatable bonds is 6. The first-order valence-electron chi connectivity index (χ1n) is 8.51. The fraction of sp³-hybridized carbons (Fsp3) is 0.300. The van der Waals surface area contributed by atoms with E-state index in [1.165, 1.54) is 0 Å². The molecule has 0 bridgehead atoms. The van der Waals surface area contributed by atoms with Crippen molar-refractivity contribution in [3.8, 4) is 10.9 Å². The van der Waals surface area contributed by atoms with Gasteiger partial charge in [-0.1, -0.05) is 12.1 Å². The quantitative estimate of drug-likeness (QED) is 0.660. The maximum Gasteiger partial charge on any atom is 0.255 e. The minimum Gasteiger partial charge on any atom is -0.492 e. The number of carbonyl (C=O) groups excluding carboxylic acids is 1. The normalized spacial score (nSPS) is 10.8. The van der Waals surface area contributed by atoms with Gasteiger partial charge in [-0.2, -0.15) is 0 Å². The van der Waals surface area contributed by atoms with Crippen molar-refractivity contribution in [2.24, 2.45) is 0 Å². The second-order valence-electron chi connectivity index (χ2n) is 6.33. The first kappa shape index (κ1) is 18.2. The van der Waals surface area contributed by atoms with E-state index in [4.69, 9.17) is 4.74 Å². The molecule has 0 atom stereocenters. The summed E-state index contributed by atoms with van der Waals surface area (Å²) in [4.78, 5) is 18.9. The van der Waals surface area contributed by atoms with Gasteiger partial charge in [-0.25, -0.2) is 4.98 Å². The molecule has 0 aliphatic carbocycles. The van der Waals surface area contributed by atoms with E-state index in [1.54, 1.807) is 29.5 Å². The average molecular weight is 369 g/mol. The van der Waals surface area contributed by atoms with Gasteiger partial charge in [-0.05, 0) is 44.5 Å². The lowest BCUT2D eigenvalue weighted by Crippen LogP contribution is -2.31.